The number of benzene rings is 1. The number of aromatic nitrogens is 3. The largest absolute Gasteiger partial charge is 0.497 e. The lowest BCUT2D eigenvalue weighted by atomic mass is 10.2. The molecule has 1 N–H and O–H groups in total. The molecule has 0 fully saturated rings. The number of halogens is 3. The highest BCUT2D eigenvalue weighted by atomic mass is 32.1. The summed E-state index contributed by atoms with van der Waals surface area (Å²) in [5, 5.41) is 2.96. The van der Waals surface area contributed by atoms with E-state index in [-0.39, 0.29) is 11.4 Å². The van der Waals surface area contributed by atoms with Crippen molar-refractivity contribution in [2.24, 2.45) is 0 Å². The van der Waals surface area contributed by atoms with E-state index < -0.39 is 12.7 Å². The molecule has 0 saturated carbocycles. The number of aromatic amines is 1. The molecule has 132 valence electrons. The Morgan fingerprint density at radius 1 is 1.29 bits per heavy atom. The minimum absolute atomic E-state index is 0.00926. The predicted molar refractivity (Wildman–Crippen MR) is 87.3 cm³/mol. The Hall–Kier alpha value is -1.87. The molecule has 0 atom stereocenters. The van der Waals surface area contributed by atoms with Crippen LogP contribution in [0.3, 0.4) is 0 Å². The Kier molecular flexibility index (Phi) is 6.00. The highest BCUT2D eigenvalue weighted by Crippen LogP contribution is 2.20. The number of alkyl halides is 3. The molecule has 0 unspecified atom stereocenters. The number of nitrogens with one attached hydrogen (secondary N) is 1. The van der Waals surface area contributed by atoms with Crippen LogP contribution in [0.25, 0.3) is 11.4 Å². The maximum Gasteiger partial charge on any atom is 0.401 e. The van der Waals surface area contributed by atoms with Gasteiger partial charge in [0.25, 0.3) is 0 Å². The first-order valence-electron chi connectivity index (χ1n) is 7.42. The van der Waals surface area contributed by atoms with Gasteiger partial charge in [0, 0.05) is 5.56 Å². The van der Waals surface area contributed by atoms with Gasteiger partial charge in [-0.3, -0.25) is 10.00 Å². The van der Waals surface area contributed by atoms with Crippen molar-refractivity contribution in [1.29, 1.82) is 0 Å². The smallest absolute Gasteiger partial charge is 0.401 e. The summed E-state index contributed by atoms with van der Waals surface area (Å²) in [4.78, 5) is 5.50. The fourth-order valence-corrected chi connectivity index (χ4v) is 2.49. The van der Waals surface area contributed by atoms with E-state index in [4.69, 9.17) is 17.0 Å². The number of hydrogen-bond acceptors (Lipinski definition) is 4. The Morgan fingerprint density at radius 3 is 2.50 bits per heavy atom. The van der Waals surface area contributed by atoms with Gasteiger partial charge in [0.05, 0.1) is 20.3 Å². The fraction of sp³-hybridized carbons (Fsp3) is 0.467. The van der Waals surface area contributed by atoms with E-state index in [0.29, 0.717) is 24.5 Å². The van der Waals surface area contributed by atoms with Crippen LogP contribution in [0.1, 0.15) is 13.3 Å². The summed E-state index contributed by atoms with van der Waals surface area (Å²) in [5.74, 6) is 1.21. The van der Waals surface area contributed by atoms with Crippen LogP contribution in [0, 0.1) is 4.77 Å². The van der Waals surface area contributed by atoms with E-state index in [0.717, 1.165) is 5.56 Å². The van der Waals surface area contributed by atoms with E-state index in [1.54, 1.807) is 31.4 Å². The molecule has 24 heavy (non-hydrogen) atoms. The number of methoxy groups -OCH3 is 1. The van der Waals surface area contributed by atoms with Crippen molar-refractivity contribution in [1.82, 2.24) is 19.7 Å². The molecule has 0 saturated heterocycles. The van der Waals surface area contributed by atoms with Gasteiger partial charge in [0.1, 0.15) is 5.75 Å². The Labute approximate surface area is 143 Å². The SMILES string of the molecule is CCCN(Cn1[nH]c(-c2ccc(OC)cc2)nc1=S)CC(F)(F)F. The molecule has 2 rings (SSSR count). The predicted octanol–water partition coefficient (Wildman–Crippen LogP) is 3.85. The maximum atomic E-state index is 12.7. The van der Waals surface area contributed by atoms with Crippen molar-refractivity contribution in [2.45, 2.75) is 26.2 Å². The fourth-order valence-electron chi connectivity index (χ4n) is 2.30. The van der Waals surface area contributed by atoms with Crippen LogP contribution < -0.4 is 4.74 Å². The molecule has 0 radical (unpaired) electrons. The summed E-state index contributed by atoms with van der Waals surface area (Å²) in [6, 6.07) is 7.16. The number of nitrogens with zero attached hydrogens (tertiary/aromatic N) is 3. The lowest BCUT2D eigenvalue weighted by Crippen LogP contribution is -2.36. The molecule has 0 aliphatic carbocycles. The van der Waals surface area contributed by atoms with E-state index in [1.165, 1.54) is 9.58 Å². The van der Waals surface area contributed by atoms with Gasteiger partial charge in [-0.1, -0.05) is 6.92 Å². The molecule has 1 aromatic heterocycles. The zero-order chi connectivity index (χ0) is 17.7. The first kappa shape index (κ1) is 18.5. The normalized spacial score (nSPS) is 11.9. The topological polar surface area (TPSA) is 46.1 Å². The van der Waals surface area contributed by atoms with Crippen molar-refractivity contribution in [2.75, 3.05) is 20.2 Å². The molecular weight excluding hydrogens is 341 g/mol. The first-order valence-corrected chi connectivity index (χ1v) is 7.83. The number of ether oxygens (including phenoxy) is 1. The van der Waals surface area contributed by atoms with Crippen LogP contribution >= 0.6 is 12.2 Å². The van der Waals surface area contributed by atoms with Crippen LogP contribution in [0.15, 0.2) is 24.3 Å². The van der Waals surface area contributed by atoms with E-state index in [2.05, 4.69) is 10.1 Å². The lowest BCUT2D eigenvalue weighted by molar-refractivity contribution is -0.149. The van der Waals surface area contributed by atoms with Gasteiger partial charge in [-0.25, -0.2) is 4.68 Å². The Morgan fingerprint density at radius 2 is 1.96 bits per heavy atom. The molecule has 2 aromatic rings. The van der Waals surface area contributed by atoms with Crippen molar-refractivity contribution in [3.05, 3.63) is 29.0 Å². The van der Waals surface area contributed by atoms with Gasteiger partial charge < -0.3 is 4.74 Å². The molecule has 1 aromatic carbocycles. The average Bonchev–Trinajstić information content (AvgIpc) is 2.87. The van der Waals surface area contributed by atoms with Crippen LogP contribution in [-0.4, -0.2) is 46.0 Å². The molecule has 0 spiro atoms. The molecule has 5 nitrogen and oxygen atoms in total. The summed E-state index contributed by atoms with van der Waals surface area (Å²) in [5.41, 5.74) is 0.776. The maximum absolute atomic E-state index is 12.7. The van der Waals surface area contributed by atoms with Crippen molar-refractivity contribution >= 4 is 12.2 Å². The summed E-state index contributed by atoms with van der Waals surface area (Å²) < 4.78 is 44.7. The summed E-state index contributed by atoms with van der Waals surface area (Å²) in [6.45, 7) is 1.17. The molecule has 0 amide bonds. The average molecular weight is 360 g/mol. The lowest BCUT2D eigenvalue weighted by Gasteiger charge is -2.22. The zero-order valence-corrected chi connectivity index (χ0v) is 14.2. The van der Waals surface area contributed by atoms with Crippen molar-refractivity contribution < 1.29 is 17.9 Å². The van der Waals surface area contributed by atoms with Gasteiger partial charge in [-0.05, 0) is 49.4 Å². The van der Waals surface area contributed by atoms with Crippen molar-refractivity contribution in [3.63, 3.8) is 0 Å². The second-order valence-electron chi connectivity index (χ2n) is 5.32. The van der Waals surface area contributed by atoms with Gasteiger partial charge in [0.15, 0.2) is 5.82 Å². The Bertz CT molecular complexity index is 709. The summed E-state index contributed by atoms with van der Waals surface area (Å²) >= 11 is 5.15. The van der Waals surface area contributed by atoms with Crippen LogP contribution in [0.5, 0.6) is 5.75 Å². The van der Waals surface area contributed by atoms with Crippen LogP contribution in [-0.2, 0) is 6.67 Å². The molecule has 9 heteroatoms. The van der Waals surface area contributed by atoms with Gasteiger partial charge in [0.2, 0.25) is 4.77 Å². The standard InChI is InChI=1S/C15H19F3N4OS/c1-3-8-21(9-15(16,17)18)10-22-14(24)19-13(20-22)11-4-6-12(23-2)7-5-11/h4-7H,3,8-10H2,1-2H3,(H,19,20,24). The zero-order valence-electron chi connectivity index (χ0n) is 13.4. The Balaban J connectivity index is 2.18. The highest BCUT2D eigenvalue weighted by molar-refractivity contribution is 7.71. The minimum Gasteiger partial charge on any atom is -0.497 e. The number of H-pyrrole nitrogens is 1. The third-order valence-corrected chi connectivity index (χ3v) is 3.64. The van der Waals surface area contributed by atoms with Gasteiger partial charge in [-0.15, -0.1) is 0 Å². The quantitative estimate of drug-likeness (QED) is 0.762. The second kappa shape index (κ2) is 7.80. The monoisotopic (exact) mass is 360 g/mol. The van der Waals surface area contributed by atoms with Crippen LogP contribution in [0.2, 0.25) is 0 Å². The van der Waals surface area contributed by atoms with E-state index in [1.807, 2.05) is 6.92 Å². The van der Waals surface area contributed by atoms with Crippen LogP contribution in [0.4, 0.5) is 13.2 Å². The molecule has 1 heterocycles. The summed E-state index contributed by atoms with van der Waals surface area (Å²) in [7, 11) is 1.57. The van der Waals surface area contributed by atoms with E-state index >= 15 is 0 Å². The minimum atomic E-state index is -4.25. The number of hydrogen-bond donors (Lipinski definition) is 1. The third kappa shape index (κ3) is 5.07. The molecular formula is C15H19F3N4OS. The molecule has 0 bridgehead atoms. The first-order chi connectivity index (χ1) is 11.3. The third-order valence-electron chi connectivity index (χ3n) is 3.33. The molecule has 0 aliphatic rings. The summed E-state index contributed by atoms with van der Waals surface area (Å²) in [6.07, 6.45) is -3.64. The highest BCUT2D eigenvalue weighted by Gasteiger charge is 2.30. The van der Waals surface area contributed by atoms with E-state index in [9.17, 15) is 13.2 Å². The molecule has 0 aliphatic heterocycles. The number of rotatable bonds is 7. The van der Waals surface area contributed by atoms with Gasteiger partial charge >= 0.3 is 6.18 Å². The van der Waals surface area contributed by atoms with Crippen molar-refractivity contribution in [3.8, 4) is 17.1 Å². The second-order valence-corrected chi connectivity index (χ2v) is 5.69. The van der Waals surface area contributed by atoms with Gasteiger partial charge in [-0.2, -0.15) is 18.2 Å².